The molecular weight excluding hydrogens is 328 g/mol. The molecule has 1 aromatic carbocycles. The summed E-state index contributed by atoms with van der Waals surface area (Å²) < 4.78 is 11.0. The minimum atomic E-state index is -0.257. The molecule has 0 saturated heterocycles. The van der Waals surface area contributed by atoms with Gasteiger partial charge in [0.1, 0.15) is 10.6 Å². The predicted molar refractivity (Wildman–Crippen MR) is 88.9 cm³/mol. The van der Waals surface area contributed by atoms with Gasteiger partial charge < -0.3 is 14.5 Å². The second-order valence-corrected chi connectivity index (χ2v) is 5.73. The van der Waals surface area contributed by atoms with Crippen molar-refractivity contribution in [1.29, 1.82) is 0 Å². The van der Waals surface area contributed by atoms with Crippen molar-refractivity contribution < 1.29 is 13.9 Å². The fraction of sp³-hybridized carbons (Fsp3) is 0.250. The summed E-state index contributed by atoms with van der Waals surface area (Å²) in [6.07, 6.45) is 0. The Labute approximate surface area is 142 Å². The summed E-state index contributed by atoms with van der Waals surface area (Å²) in [5.74, 6) is 1.03. The zero-order valence-corrected chi connectivity index (χ0v) is 14.1. The van der Waals surface area contributed by atoms with E-state index in [9.17, 15) is 4.79 Å². The van der Waals surface area contributed by atoms with Gasteiger partial charge in [0.2, 0.25) is 5.89 Å². The quantitative estimate of drug-likeness (QED) is 0.739. The highest BCUT2D eigenvalue weighted by atomic mass is 32.1. The van der Waals surface area contributed by atoms with E-state index >= 15 is 0 Å². The zero-order valence-electron chi connectivity index (χ0n) is 13.3. The first kappa shape index (κ1) is 16.1. The van der Waals surface area contributed by atoms with E-state index in [2.05, 4.69) is 20.5 Å². The van der Waals surface area contributed by atoms with Crippen molar-refractivity contribution in [2.24, 2.45) is 0 Å². The highest BCUT2D eigenvalue weighted by Gasteiger charge is 2.15. The Balaban J connectivity index is 1.67. The molecule has 0 fully saturated rings. The molecule has 1 amide bonds. The van der Waals surface area contributed by atoms with E-state index in [4.69, 9.17) is 9.15 Å². The maximum absolute atomic E-state index is 12.3. The molecular formula is C16H16N4O3S. The van der Waals surface area contributed by atoms with Crippen LogP contribution in [0.4, 0.5) is 0 Å². The van der Waals surface area contributed by atoms with Crippen LogP contribution in [-0.2, 0) is 6.54 Å². The van der Waals surface area contributed by atoms with Gasteiger partial charge in [-0.25, -0.2) is 4.98 Å². The molecule has 2 heterocycles. The topological polar surface area (TPSA) is 90.1 Å². The second-order valence-electron chi connectivity index (χ2n) is 4.88. The van der Waals surface area contributed by atoms with Crippen molar-refractivity contribution in [2.45, 2.75) is 20.4 Å². The SMILES string of the molecule is CCOc1ccccc1C(=O)NCc1nnc(-c2scnc2C)o1. The Hall–Kier alpha value is -2.74. The first-order valence-corrected chi connectivity index (χ1v) is 8.30. The lowest BCUT2D eigenvalue weighted by molar-refractivity contribution is 0.0943. The Kier molecular flexibility index (Phi) is 4.85. The molecule has 8 heteroatoms. The van der Waals surface area contributed by atoms with Crippen molar-refractivity contribution in [3.8, 4) is 16.5 Å². The number of para-hydroxylation sites is 1. The molecule has 1 N–H and O–H groups in total. The third-order valence-electron chi connectivity index (χ3n) is 3.24. The van der Waals surface area contributed by atoms with Gasteiger partial charge in [0, 0.05) is 0 Å². The number of rotatable bonds is 6. The van der Waals surface area contributed by atoms with Gasteiger partial charge in [0.15, 0.2) is 0 Å². The third kappa shape index (κ3) is 3.43. The van der Waals surface area contributed by atoms with E-state index in [-0.39, 0.29) is 12.5 Å². The number of carbonyl (C=O) groups excluding carboxylic acids is 1. The molecule has 0 unspecified atom stereocenters. The molecule has 24 heavy (non-hydrogen) atoms. The summed E-state index contributed by atoms with van der Waals surface area (Å²) >= 11 is 1.43. The molecule has 0 aliphatic heterocycles. The van der Waals surface area contributed by atoms with Crippen LogP contribution >= 0.6 is 11.3 Å². The number of nitrogens with zero attached hydrogens (tertiary/aromatic N) is 3. The fourth-order valence-electron chi connectivity index (χ4n) is 2.11. The van der Waals surface area contributed by atoms with E-state index in [1.165, 1.54) is 11.3 Å². The van der Waals surface area contributed by atoms with Crippen LogP contribution in [0.5, 0.6) is 5.75 Å². The summed E-state index contributed by atoms with van der Waals surface area (Å²) in [7, 11) is 0. The molecule has 0 saturated carbocycles. The number of nitrogens with one attached hydrogen (secondary N) is 1. The van der Waals surface area contributed by atoms with Gasteiger partial charge in [-0.15, -0.1) is 21.5 Å². The zero-order chi connectivity index (χ0) is 16.9. The lowest BCUT2D eigenvalue weighted by Gasteiger charge is -2.09. The van der Waals surface area contributed by atoms with Crippen molar-refractivity contribution >= 4 is 17.2 Å². The normalized spacial score (nSPS) is 10.6. The Morgan fingerprint density at radius 1 is 1.33 bits per heavy atom. The van der Waals surface area contributed by atoms with Gasteiger partial charge in [-0.1, -0.05) is 12.1 Å². The molecule has 124 valence electrons. The van der Waals surface area contributed by atoms with Crippen LogP contribution in [-0.4, -0.2) is 27.7 Å². The highest BCUT2D eigenvalue weighted by Crippen LogP contribution is 2.25. The van der Waals surface area contributed by atoms with Gasteiger partial charge >= 0.3 is 0 Å². The van der Waals surface area contributed by atoms with Gasteiger partial charge in [-0.3, -0.25) is 4.79 Å². The van der Waals surface area contributed by atoms with E-state index in [0.717, 1.165) is 10.6 Å². The average Bonchev–Trinajstić information content (AvgIpc) is 3.22. The van der Waals surface area contributed by atoms with Crippen molar-refractivity contribution in [3.63, 3.8) is 0 Å². The number of aryl methyl sites for hydroxylation is 1. The Morgan fingerprint density at radius 2 is 2.17 bits per heavy atom. The Morgan fingerprint density at radius 3 is 2.92 bits per heavy atom. The molecule has 0 aliphatic carbocycles. The molecule has 3 aromatic rings. The number of thiazole rings is 1. The largest absolute Gasteiger partial charge is 0.493 e. The van der Waals surface area contributed by atoms with Crippen LogP contribution in [0.1, 0.15) is 28.9 Å². The minimum absolute atomic E-state index is 0.143. The molecule has 0 aliphatic rings. The van der Waals surface area contributed by atoms with Gasteiger partial charge in [0.05, 0.1) is 29.9 Å². The summed E-state index contributed by atoms with van der Waals surface area (Å²) in [4.78, 5) is 17.3. The average molecular weight is 344 g/mol. The molecule has 0 atom stereocenters. The number of hydrogen-bond donors (Lipinski definition) is 1. The smallest absolute Gasteiger partial charge is 0.259 e. The van der Waals surface area contributed by atoms with Crippen LogP contribution in [0.3, 0.4) is 0 Å². The third-order valence-corrected chi connectivity index (χ3v) is 4.15. The number of benzene rings is 1. The lowest BCUT2D eigenvalue weighted by atomic mass is 10.2. The first-order chi connectivity index (χ1) is 11.7. The summed E-state index contributed by atoms with van der Waals surface area (Å²) in [5.41, 5.74) is 3.03. The van der Waals surface area contributed by atoms with E-state index < -0.39 is 0 Å². The van der Waals surface area contributed by atoms with E-state index in [1.807, 2.05) is 19.9 Å². The monoisotopic (exact) mass is 344 g/mol. The standard InChI is InChI=1S/C16H16N4O3S/c1-3-22-12-7-5-4-6-11(12)15(21)17-8-13-19-20-16(23-13)14-10(2)18-9-24-14/h4-7,9H,3,8H2,1-2H3,(H,17,21). The number of hydrogen-bond acceptors (Lipinski definition) is 7. The maximum Gasteiger partial charge on any atom is 0.259 e. The van der Waals surface area contributed by atoms with Gasteiger partial charge in [-0.05, 0) is 26.0 Å². The summed E-state index contributed by atoms with van der Waals surface area (Å²) in [6.45, 7) is 4.38. The van der Waals surface area contributed by atoms with Gasteiger partial charge in [-0.2, -0.15) is 0 Å². The molecule has 3 rings (SSSR count). The maximum atomic E-state index is 12.3. The van der Waals surface area contributed by atoms with E-state index in [1.54, 1.807) is 23.7 Å². The fourth-order valence-corrected chi connectivity index (χ4v) is 2.83. The number of carbonyl (C=O) groups is 1. The summed E-state index contributed by atoms with van der Waals surface area (Å²) in [6, 6.07) is 7.08. The van der Waals surface area contributed by atoms with Gasteiger partial charge in [0.25, 0.3) is 11.8 Å². The number of ether oxygens (including phenoxy) is 1. The van der Waals surface area contributed by atoms with Crippen LogP contribution < -0.4 is 10.1 Å². The number of aromatic nitrogens is 3. The summed E-state index contributed by atoms with van der Waals surface area (Å²) in [5, 5.41) is 10.7. The molecule has 0 radical (unpaired) electrons. The van der Waals surface area contributed by atoms with E-state index in [0.29, 0.717) is 29.7 Å². The molecule has 7 nitrogen and oxygen atoms in total. The second kappa shape index (κ2) is 7.22. The number of amides is 1. The highest BCUT2D eigenvalue weighted by molar-refractivity contribution is 7.13. The van der Waals surface area contributed by atoms with Crippen molar-refractivity contribution in [3.05, 3.63) is 46.9 Å². The van der Waals surface area contributed by atoms with Crippen LogP contribution in [0.15, 0.2) is 34.2 Å². The first-order valence-electron chi connectivity index (χ1n) is 7.42. The van der Waals surface area contributed by atoms with Crippen molar-refractivity contribution in [1.82, 2.24) is 20.5 Å². The Bertz CT molecular complexity index is 843. The molecule has 0 spiro atoms. The molecule has 0 bridgehead atoms. The lowest BCUT2D eigenvalue weighted by Crippen LogP contribution is -2.23. The van der Waals surface area contributed by atoms with Crippen LogP contribution in [0.2, 0.25) is 0 Å². The van der Waals surface area contributed by atoms with Crippen LogP contribution in [0, 0.1) is 6.92 Å². The van der Waals surface area contributed by atoms with Crippen molar-refractivity contribution in [2.75, 3.05) is 6.61 Å². The van der Waals surface area contributed by atoms with Crippen LogP contribution in [0.25, 0.3) is 10.8 Å². The molecule has 2 aromatic heterocycles. The minimum Gasteiger partial charge on any atom is -0.493 e. The predicted octanol–water partition coefficient (Wildman–Crippen LogP) is 2.83.